The van der Waals surface area contributed by atoms with Crippen LogP contribution in [0.3, 0.4) is 0 Å². The van der Waals surface area contributed by atoms with Gasteiger partial charge in [0.05, 0.1) is 5.41 Å². The Morgan fingerprint density at radius 1 is 1.07 bits per heavy atom. The van der Waals surface area contributed by atoms with Crippen LogP contribution in [-0.2, 0) is 15.0 Å². The van der Waals surface area contributed by atoms with Gasteiger partial charge < -0.3 is 9.80 Å². The highest BCUT2D eigenvalue weighted by atomic mass is 32.2. The van der Waals surface area contributed by atoms with Crippen molar-refractivity contribution in [1.29, 1.82) is 0 Å². The van der Waals surface area contributed by atoms with E-state index in [-0.39, 0.29) is 11.3 Å². The van der Waals surface area contributed by atoms with Crippen molar-refractivity contribution in [2.24, 2.45) is 10.8 Å². The molecule has 0 N–H and O–H groups in total. The monoisotopic (exact) mass is 422 g/mol. The van der Waals surface area contributed by atoms with Crippen molar-refractivity contribution >= 4 is 22.1 Å². The van der Waals surface area contributed by atoms with Crippen LogP contribution in [0.5, 0.6) is 0 Å². The number of rotatable bonds is 4. The first-order chi connectivity index (χ1) is 13.8. The van der Waals surface area contributed by atoms with Crippen molar-refractivity contribution in [2.75, 3.05) is 58.3 Å². The molecule has 0 bridgehead atoms. The SMILES string of the molecule is CCN1CCC2(CN(c3ncccn3)CC23CCN(S(=O)(=O)N(C)C)CC3)C1=O. The quantitative estimate of drug-likeness (QED) is 0.699. The summed E-state index contributed by atoms with van der Waals surface area (Å²) in [5, 5.41) is 0. The van der Waals surface area contributed by atoms with Gasteiger partial charge in [0.2, 0.25) is 11.9 Å². The Morgan fingerprint density at radius 3 is 2.28 bits per heavy atom. The van der Waals surface area contributed by atoms with Crippen LogP contribution in [0.1, 0.15) is 26.2 Å². The highest BCUT2D eigenvalue weighted by Gasteiger charge is 2.65. The topological polar surface area (TPSA) is 90.0 Å². The van der Waals surface area contributed by atoms with E-state index in [9.17, 15) is 13.2 Å². The van der Waals surface area contributed by atoms with Gasteiger partial charge in [-0.15, -0.1) is 0 Å². The summed E-state index contributed by atoms with van der Waals surface area (Å²) in [5.41, 5.74) is -0.748. The van der Waals surface area contributed by atoms with Crippen molar-refractivity contribution in [3.8, 4) is 0 Å². The van der Waals surface area contributed by atoms with E-state index in [4.69, 9.17) is 0 Å². The second kappa shape index (κ2) is 7.17. The Hall–Kier alpha value is -1.78. The van der Waals surface area contributed by atoms with Crippen LogP contribution in [0.4, 0.5) is 5.95 Å². The fourth-order valence-corrected chi connectivity index (χ4v) is 6.56. The van der Waals surface area contributed by atoms with Gasteiger partial charge in [-0.3, -0.25) is 4.79 Å². The van der Waals surface area contributed by atoms with Crippen LogP contribution in [0.15, 0.2) is 18.5 Å². The molecule has 160 valence electrons. The molecule has 0 aliphatic carbocycles. The van der Waals surface area contributed by atoms with Gasteiger partial charge in [-0.1, -0.05) is 0 Å². The van der Waals surface area contributed by atoms with Crippen LogP contribution in [0.2, 0.25) is 0 Å². The zero-order valence-corrected chi connectivity index (χ0v) is 18.2. The molecule has 4 heterocycles. The summed E-state index contributed by atoms with van der Waals surface area (Å²) in [7, 11) is -0.322. The van der Waals surface area contributed by atoms with E-state index < -0.39 is 15.6 Å². The average molecular weight is 423 g/mol. The number of carbonyl (C=O) groups is 1. The first-order valence-electron chi connectivity index (χ1n) is 10.2. The molecule has 1 unspecified atom stereocenters. The zero-order chi connectivity index (χ0) is 20.9. The number of hydrogen-bond donors (Lipinski definition) is 0. The molecule has 4 rings (SSSR count). The van der Waals surface area contributed by atoms with E-state index in [1.54, 1.807) is 36.9 Å². The molecule has 1 atom stereocenters. The van der Waals surface area contributed by atoms with E-state index in [1.807, 2.05) is 11.8 Å². The minimum atomic E-state index is -3.44. The first kappa shape index (κ1) is 20.5. The predicted octanol–water partition coefficient (Wildman–Crippen LogP) is 0.424. The largest absolute Gasteiger partial charge is 0.342 e. The van der Waals surface area contributed by atoms with Crippen LogP contribution in [0, 0.1) is 10.8 Å². The van der Waals surface area contributed by atoms with Gasteiger partial charge in [-0.05, 0) is 32.3 Å². The van der Waals surface area contributed by atoms with E-state index in [2.05, 4.69) is 14.9 Å². The number of likely N-dealkylation sites (tertiary alicyclic amines) is 1. The minimum absolute atomic E-state index is 0.211. The number of hydrogen-bond acceptors (Lipinski definition) is 6. The van der Waals surface area contributed by atoms with E-state index >= 15 is 0 Å². The Kier molecular flexibility index (Phi) is 5.07. The summed E-state index contributed by atoms with van der Waals surface area (Å²) >= 11 is 0. The van der Waals surface area contributed by atoms with Crippen molar-refractivity contribution in [1.82, 2.24) is 23.5 Å². The lowest BCUT2D eigenvalue weighted by Gasteiger charge is -2.46. The summed E-state index contributed by atoms with van der Waals surface area (Å²) in [6, 6.07) is 1.79. The maximum absolute atomic E-state index is 13.5. The highest BCUT2D eigenvalue weighted by molar-refractivity contribution is 7.86. The molecule has 2 spiro atoms. The lowest BCUT2D eigenvalue weighted by molar-refractivity contribution is -0.141. The Morgan fingerprint density at radius 2 is 1.72 bits per heavy atom. The lowest BCUT2D eigenvalue weighted by atomic mass is 9.60. The molecule has 29 heavy (non-hydrogen) atoms. The molecule has 0 aromatic carbocycles. The van der Waals surface area contributed by atoms with Crippen molar-refractivity contribution in [2.45, 2.75) is 26.2 Å². The molecule has 9 nitrogen and oxygen atoms in total. The van der Waals surface area contributed by atoms with Crippen LogP contribution < -0.4 is 4.90 Å². The Labute approximate surface area is 172 Å². The second-order valence-corrected chi connectivity index (χ2v) is 10.7. The maximum atomic E-state index is 13.5. The van der Waals surface area contributed by atoms with Crippen LogP contribution in [-0.4, -0.2) is 91.2 Å². The predicted molar refractivity (Wildman–Crippen MR) is 109 cm³/mol. The fraction of sp³-hybridized carbons (Fsp3) is 0.737. The minimum Gasteiger partial charge on any atom is -0.342 e. The van der Waals surface area contributed by atoms with Crippen molar-refractivity contribution in [3.63, 3.8) is 0 Å². The van der Waals surface area contributed by atoms with Gasteiger partial charge in [0.15, 0.2) is 0 Å². The lowest BCUT2D eigenvalue weighted by Crippen LogP contribution is -2.54. The third kappa shape index (κ3) is 3.03. The van der Waals surface area contributed by atoms with Gasteiger partial charge in [0.25, 0.3) is 10.2 Å². The third-order valence-corrected chi connectivity index (χ3v) is 9.10. The highest BCUT2D eigenvalue weighted by Crippen LogP contribution is 2.58. The number of piperidine rings is 1. The van der Waals surface area contributed by atoms with Gasteiger partial charge >= 0.3 is 0 Å². The molecule has 0 saturated carbocycles. The summed E-state index contributed by atoms with van der Waals surface area (Å²) in [5.74, 6) is 0.859. The maximum Gasteiger partial charge on any atom is 0.281 e. The molecule has 0 radical (unpaired) electrons. The molecule has 1 aromatic heterocycles. The number of fused-ring (bicyclic) bond motifs is 1. The van der Waals surface area contributed by atoms with Gasteiger partial charge in [0, 0.05) is 71.2 Å². The van der Waals surface area contributed by atoms with Gasteiger partial charge in [-0.25, -0.2) is 9.97 Å². The number of amides is 1. The van der Waals surface area contributed by atoms with Crippen LogP contribution in [0.25, 0.3) is 0 Å². The van der Waals surface area contributed by atoms with E-state index in [1.165, 1.54) is 4.31 Å². The van der Waals surface area contributed by atoms with E-state index in [0.717, 1.165) is 13.0 Å². The van der Waals surface area contributed by atoms with Crippen LogP contribution >= 0.6 is 0 Å². The third-order valence-electron chi connectivity index (χ3n) is 7.16. The smallest absolute Gasteiger partial charge is 0.281 e. The van der Waals surface area contributed by atoms with Gasteiger partial charge in [0.1, 0.15) is 0 Å². The Bertz CT molecular complexity index is 869. The number of anilines is 1. The number of aromatic nitrogens is 2. The summed E-state index contributed by atoms with van der Waals surface area (Å²) < 4.78 is 28.0. The number of carbonyl (C=O) groups excluding carboxylic acids is 1. The fourth-order valence-electron chi connectivity index (χ4n) is 5.45. The zero-order valence-electron chi connectivity index (χ0n) is 17.4. The summed E-state index contributed by atoms with van der Waals surface area (Å²) in [4.78, 5) is 26.4. The second-order valence-electron chi connectivity index (χ2n) is 8.59. The molecule has 1 aromatic rings. The van der Waals surface area contributed by atoms with Gasteiger partial charge in [-0.2, -0.15) is 17.0 Å². The van der Waals surface area contributed by atoms with Crippen molar-refractivity contribution in [3.05, 3.63) is 18.5 Å². The standard InChI is InChI=1S/C19H30N6O3S/c1-4-23-11-8-19(16(23)26)15-24(17-20-9-5-10-21-17)14-18(19)6-12-25(13-7-18)29(27,28)22(2)3/h5,9-10H,4,6-8,11-15H2,1-3H3. The molecular weight excluding hydrogens is 392 g/mol. The summed E-state index contributed by atoms with van der Waals surface area (Å²) in [6.45, 7) is 5.65. The molecule has 10 heteroatoms. The molecule has 3 fully saturated rings. The summed E-state index contributed by atoms with van der Waals surface area (Å²) in [6.07, 6.45) is 5.60. The molecular formula is C19H30N6O3S. The first-order valence-corrected chi connectivity index (χ1v) is 11.6. The molecule has 3 saturated heterocycles. The normalized spacial score (nSPS) is 27.7. The molecule has 3 aliphatic heterocycles. The van der Waals surface area contributed by atoms with E-state index in [0.29, 0.717) is 51.5 Å². The molecule has 3 aliphatic rings. The average Bonchev–Trinajstić information content (AvgIpc) is 3.21. The Balaban J connectivity index is 1.66. The van der Waals surface area contributed by atoms with Crippen molar-refractivity contribution < 1.29 is 13.2 Å². The molecule has 1 amide bonds. The number of nitrogens with zero attached hydrogens (tertiary/aromatic N) is 6.